The van der Waals surface area contributed by atoms with Crippen molar-refractivity contribution in [3.63, 3.8) is 0 Å². The van der Waals surface area contributed by atoms with Crippen molar-refractivity contribution in [3.8, 4) is 0 Å². The van der Waals surface area contributed by atoms with Crippen LogP contribution < -0.4 is 10.6 Å². The van der Waals surface area contributed by atoms with Gasteiger partial charge in [0, 0.05) is 28.5 Å². The summed E-state index contributed by atoms with van der Waals surface area (Å²) in [5.74, 6) is -0.141. The van der Waals surface area contributed by atoms with Crippen LogP contribution in [0.3, 0.4) is 0 Å². The Labute approximate surface area is 157 Å². The first-order valence-electron chi connectivity index (χ1n) is 7.47. The van der Waals surface area contributed by atoms with Gasteiger partial charge in [0.15, 0.2) is 0 Å². The van der Waals surface area contributed by atoms with Gasteiger partial charge in [-0.3, -0.25) is 20.2 Å². The summed E-state index contributed by atoms with van der Waals surface area (Å²) in [7, 11) is 0. The first-order chi connectivity index (χ1) is 12.9. The van der Waals surface area contributed by atoms with Gasteiger partial charge in [-0.25, -0.2) is 9.97 Å². The van der Waals surface area contributed by atoms with Crippen molar-refractivity contribution in [2.75, 3.05) is 10.6 Å². The zero-order chi connectivity index (χ0) is 19.4. The molecule has 1 heterocycles. The number of nitro benzene ring substituents is 1. The molecular weight excluding hydrogens is 376 g/mol. The lowest BCUT2D eigenvalue weighted by Crippen LogP contribution is -2.05. The second kappa shape index (κ2) is 7.62. The third-order valence-corrected chi connectivity index (χ3v) is 3.68. The van der Waals surface area contributed by atoms with Crippen molar-refractivity contribution in [2.45, 2.75) is 0 Å². The van der Waals surface area contributed by atoms with Gasteiger partial charge >= 0.3 is 5.69 Å². The summed E-state index contributed by atoms with van der Waals surface area (Å²) in [5, 5.41) is 28.5. The van der Waals surface area contributed by atoms with Crippen molar-refractivity contribution in [1.82, 2.24) is 9.97 Å². The van der Waals surface area contributed by atoms with Crippen LogP contribution in [0.4, 0.5) is 34.4 Å². The molecule has 3 rings (SSSR count). The highest BCUT2D eigenvalue weighted by Crippen LogP contribution is 2.33. The van der Waals surface area contributed by atoms with Gasteiger partial charge in [-0.1, -0.05) is 17.7 Å². The third kappa shape index (κ3) is 4.25. The number of nitro groups is 2. The van der Waals surface area contributed by atoms with E-state index in [1.807, 2.05) is 0 Å². The first-order valence-corrected chi connectivity index (χ1v) is 7.85. The van der Waals surface area contributed by atoms with E-state index in [0.29, 0.717) is 10.7 Å². The maximum Gasteiger partial charge on any atom is 0.353 e. The van der Waals surface area contributed by atoms with Gasteiger partial charge in [0.2, 0.25) is 11.6 Å². The minimum atomic E-state index is -0.641. The van der Waals surface area contributed by atoms with Gasteiger partial charge < -0.3 is 10.6 Å². The number of rotatable bonds is 6. The summed E-state index contributed by atoms with van der Waals surface area (Å²) in [6.45, 7) is 0. The molecule has 0 bridgehead atoms. The molecule has 0 spiro atoms. The average molecular weight is 387 g/mol. The third-order valence-electron chi connectivity index (χ3n) is 3.43. The Morgan fingerprint density at radius 2 is 1.48 bits per heavy atom. The molecular formula is C16H11ClN6O4. The molecule has 2 aromatic carbocycles. The van der Waals surface area contributed by atoms with Crippen molar-refractivity contribution in [3.05, 3.63) is 80.1 Å². The van der Waals surface area contributed by atoms with Crippen LogP contribution in [-0.2, 0) is 0 Å². The zero-order valence-electron chi connectivity index (χ0n) is 13.5. The fraction of sp³-hybridized carbons (Fsp3) is 0. The molecule has 136 valence electrons. The van der Waals surface area contributed by atoms with Crippen molar-refractivity contribution >= 4 is 46.0 Å². The summed E-state index contributed by atoms with van der Waals surface area (Å²) in [4.78, 5) is 29.1. The number of non-ortho nitro benzene ring substituents is 1. The summed E-state index contributed by atoms with van der Waals surface area (Å²) >= 11 is 5.83. The van der Waals surface area contributed by atoms with Gasteiger partial charge in [0.25, 0.3) is 5.69 Å². The van der Waals surface area contributed by atoms with Crippen molar-refractivity contribution in [2.24, 2.45) is 0 Å². The number of nitrogens with one attached hydrogen (secondary N) is 2. The molecule has 1 aromatic heterocycles. The molecule has 0 amide bonds. The molecule has 2 N–H and O–H groups in total. The van der Waals surface area contributed by atoms with E-state index in [-0.39, 0.29) is 23.0 Å². The highest BCUT2D eigenvalue weighted by Gasteiger charge is 2.23. The Hall–Kier alpha value is -3.79. The fourth-order valence-corrected chi connectivity index (χ4v) is 2.36. The van der Waals surface area contributed by atoms with Gasteiger partial charge in [-0.05, 0) is 30.3 Å². The lowest BCUT2D eigenvalue weighted by atomic mass is 10.2. The van der Waals surface area contributed by atoms with Crippen molar-refractivity contribution < 1.29 is 9.85 Å². The maximum absolute atomic E-state index is 11.6. The second-order valence-electron chi connectivity index (χ2n) is 5.24. The van der Waals surface area contributed by atoms with Crippen molar-refractivity contribution in [1.29, 1.82) is 0 Å². The van der Waals surface area contributed by atoms with E-state index < -0.39 is 15.5 Å². The van der Waals surface area contributed by atoms with E-state index in [0.717, 1.165) is 6.33 Å². The van der Waals surface area contributed by atoms with E-state index in [9.17, 15) is 20.2 Å². The smallest absolute Gasteiger partial charge is 0.334 e. The predicted molar refractivity (Wildman–Crippen MR) is 99.8 cm³/mol. The lowest BCUT2D eigenvalue weighted by molar-refractivity contribution is -0.384. The number of hydrogen-bond donors (Lipinski definition) is 2. The molecule has 0 saturated carbocycles. The molecule has 10 nitrogen and oxygen atoms in total. The largest absolute Gasteiger partial charge is 0.353 e. The summed E-state index contributed by atoms with van der Waals surface area (Å²) in [5.41, 5.74) is 0.265. The Morgan fingerprint density at radius 1 is 0.852 bits per heavy atom. The molecule has 27 heavy (non-hydrogen) atoms. The molecule has 0 radical (unpaired) electrons. The Bertz CT molecular complexity index is 1010. The number of halogens is 1. The van der Waals surface area contributed by atoms with E-state index in [1.54, 1.807) is 24.3 Å². The molecule has 11 heteroatoms. The SMILES string of the molecule is O=[N+]([O-])c1cccc(Nc2ncnc(Nc3ccc(Cl)cc3)c2[N+](=O)[O-])c1. The molecule has 0 unspecified atom stereocenters. The van der Waals surface area contributed by atoms with E-state index >= 15 is 0 Å². The quantitative estimate of drug-likeness (QED) is 0.468. The van der Waals surface area contributed by atoms with Crippen LogP contribution in [0.15, 0.2) is 54.9 Å². The highest BCUT2D eigenvalue weighted by atomic mass is 35.5. The molecule has 0 atom stereocenters. The van der Waals surface area contributed by atoms with Crippen LogP contribution in [0.25, 0.3) is 0 Å². The lowest BCUT2D eigenvalue weighted by Gasteiger charge is -2.10. The van der Waals surface area contributed by atoms with E-state index in [4.69, 9.17) is 11.6 Å². The average Bonchev–Trinajstić information content (AvgIpc) is 2.64. The molecule has 0 fully saturated rings. The predicted octanol–water partition coefficient (Wildman–Crippen LogP) is 4.43. The Balaban J connectivity index is 1.96. The summed E-state index contributed by atoms with van der Waals surface area (Å²) < 4.78 is 0. The van der Waals surface area contributed by atoms with Crippen LogP contribution in [0.5, 0.6) is 0 Å². The number of hydrogen-bond acceptors (Lipinski definition) is 8. The first kappa shape index (κ1) is 18.0. The van der Waals surface area contributed by atoms with Crippen LogP contribution in [0.1, 0.15) is 0 Å². The molecule has 0 aliphatic rings. The highest BCUT2D eigenvalue weighted by molar-refractivity contribution is 6.30. The second-order valence-corrected chi connectivity index (χ2v) is 5.68. The van der Waals surface area contributed by atoms with Gasteiger partial charge in [-0.15, -0.1) is 0 Å². The Kier molecular flexibility index (Phi) is 5.08. The van der Waals surface area contributed by atoms with Crippen LogP contribution in [0.2, 0.25) is 5.02 Å². The van der Waals surface area contributed by atoms with Crippen LogP contribution >= 0.6 is 11.6 Å². The van der Waals surface area contributed by atoms with Crippen LogP contribution in [-0.4, -0.2) is 19.8 Å². The fourth-order valence-electron chi connectivity index (χ4n) is 2.24. The molecule has 0 aliphatic heterocycles. The molecule has 3 aromatic rings. The molecule has 0 saturated heterocycles. The summed E-state index contributed by atoms with van der Waals surface area (Å²) in [6, 6.07) is 12.1. The van der Waals surface area contributed by atoms with Gasteiger partial charge in [0.05, 0.1) is 9.85 Å². The topological polar surface area (TPSA) is 136 Å². The van der Waals surface area contributed by atoms with Gasteiger partial charge in [-0.2, -0.15) is 0 Å². The number of benzene rings is 2. The maximum atomic E-state index is 11.6. The normalized spacial score (nSPS) is 10.3. The number of anilines is 4. The minimum Gasteiger partial charge on any atom is -0.334 e. The number of aromatic nitrogens is 2. The number of nitrogens with zero attached hydrogens (tertiary/aromatic N) is 4. The monoisotopic (exact) mass is 386 g/mol. The van der Waals surface area contributed by atoms with E-state index in [2.05, 4.69) is 20.6 Å². The van der Waals surface area contributed by atoms with Crippen LogP contribution in [0, 0.1) is 20.2 Å². The molecule has 0 aliphatic carbocycles. The Morgan fingerprint density at radius 3 is 2.07 bits per heavy atom. The van der Waals surface area contributed by atoms with Gasteiger partial charge in [0.1, 0.15) is 6.33 Å². The van der Waals surface area contributed by atoms with E-state index in [1.165, 1.54) is 24.3 Å². The zero-order valence-corrected chi connectivity index (χ0v) is 14.3. The summed E-state index contributed by atoms with van der Waals surface area (Å²) in [6.07, 6.45) is 1.14. The standard InChI is InChI=1S/C16H11ClN6O4/c17-10-4-6-11(7-5-10)20-15-14(23(26)27)16(19-9-18-15)21-12-2-1-3-13(8-12)22(24)25/h1-9H,(H2,18,19,20,21). The minimum absolute atomic E-state index is 0.0368.